The van der Waals surface area contributed by atoms with Crippen LogP contribution in [0.1, 0.15) is 30.2 Å². The van der Waals surface area contributed by atoms with E-state index in [2.05, 4.69) is 17.4 Å². The average Bonchev–Trinajstić information content (AvgIpc) is 2.98. The maximum atomic E-state index is 5.65. The largest absolute Gasteiger partial charge is 0.491 e. The van der Waals surface area contributed by atoms with Crippen LogP contribution < -0.4 is 10.1 Å². The number of nitrogens with one attached hydrogen (secondary N) is 1. The predicted octanol–water partition coefficient (Wildman–Crippen LogP) is 3.79. The normalized spacial score (nSPS) is 17.3. The fraction of sp³-hybridized carbons (Fsp3) is 0.412. The van der Waals surface area contributed by atoms with Gasteiger partial charge in [0.05, 0.1) is 18.9 Å². The van der Waals surface area contributed by atoms with E-state index in [9.17, 15) is 0 Å². The van der Waals surface area contributed by atoms with Crippen molar-refractivity contribution in [2.24, 2.45) is 0 Å². The maximum Gasteiger partial charge on any atom is 0.121 e. The molecule has 0 aliphatic heterocycles. The molecule has 4 nitrogen and oxygen atoms in total. The summed E-state index contributed by atoms with van der Waals surface area (Å²) >= 11 is 0. The molecule has 0 bridgehead atoms. The molecule has 1 aliphatic rings. The molecule has 1 aromatic carbocycles. The molecule has 1 aromatic heterocycles. The lowest BCUT2D eigenvalue weighted by Gasteiger charge is -2.24. The summed E-state index contributed by atoms with van der Waals surface area (Å²) in [5, 5.41) is 3.58. The van der Waals surface area contributed by atoms with Gasteiger partial charge in [0, 0.05) is 30.8 Å². The van der Waals surface area contributed by atoms with Crippen molar-refractivity contribution in [2.45, 2.75) is 25.3 Å². The van der Waals surface area contributed by atoms with Gasteiger partial charge in [0.2, 0.25) is 0 Å². The van der Waals surface area contributed by atoms with Crippen molar-refractivity contribution < 1.29 is 13.9 Å². The minimum Gasteiger partial charge on any atom is -0.491 e. The highest BCUT2D eigenvalue weighted by Gasteiger charge is 2.22. The van der Waals surface area contributed by atoms with E-state index in [1.54, 1.807) is 13.4 Å². The molecule has 1 aliphatic carbocycles. The number of benzene rings is 1. The summed E-state index contributed by atoms with van der Waals surface area (Å²) < 4.78 is 16.2. The summed E-state index contributed by atoms with van der Waals surface area (Å²) in [6.07, 6.45) is 5.11. The van der Waals surface area contributed by atoms with Crippen molar-refractivity contribution in [3.63, 3.8) is 0 Å². The van der Waals surface area contributed by atoms with Gasteiger partial charge in [0.25, 0.3) is 0 Å². The Labute approximate surface area is 125 Å². The van der Waals surface area contributed by atoms with Gasteiger partial charge in [-0.3, -0.25) is 0 Å². The first-order chi connectivity index (χ1) is 10.4. The third-order valence-electron chi connectivity index (χ3n) is 3.78. The lowest BCUT2D eigenvalue weighted by Crippen LogP contribution is -2.15. The standard InChI is InChI=1S/C17H21NO3/c1-19-10-11-20-14-5-2-4-13(12-14)18-16-6-3-7-17-15(16)8-9-21-17/h2,4-5,8-9,12,16,18H,3,6-7,10-11H2,1H3. The van der Waals surface area contributed by atoms with Crippen LogP contribution in [0.15, 0.2) is 41.0 Å². The topological polar surface area (TPSA) is 43.6 Å². The van der Waals surface area contributed by atoms with E-state index >= 15 is 0 Å². The van der Waals surface area contributed by atoms with Gasteiger partial charge in [0.1, 0.15) is 18.1 Å². The van der Waals surface area contributed by atoms with Crippen LogP contribution in [-0.4, -0.2) is 20.3 Å². The van der Waals surface area contributed by atoms with Crippen molar-refractivity contribution >= 4 is 5.69 Å². The van der Waals surface area contributed by atoms with E-state index < -0.39 is 0 Å². The molecule has 2 aromatic rings. The molecule has 21 heavy (non-hydrogen) atoms. The number of aryl methyl sites for hydroxylation is 1. The van der Waals surface area contributed by atoms with E-state index in [4.69, 9.17) is 13.9 Å². The van der Waals surface area contributed by atoms with Crippen LogP contribution in [0, 0.1) is 0 Å². The average molecular weight is 287 g/mol. The highest BCUT2D eigenvalue weighted by Crippen LogP contribution is 2.33. The number of rotatable bonds is 6. The second-order valence-corrected chi connectivity index (χ2v) is 5.26. The smallest absolute Gasteiger partial charge is 0.121 e. The van der Waals surface area contributed by atoms with Gasteiger partial charge in [-0.15, -0.1) is 0 Å². The summed E-state index contributed by atoms with van der Waals surface area (Å²) in [5.41, 5.74) is 2.36. The number of fused-ring (bicyclic) bond motifs is 1. The van der Waals surface area contributed by atoms with Crippen LogP contribution in [0.2, 0.25) is 0 Å². The molecule has 1 unspecified atom stereocenters. The van der Waals surface area contributed by atoms with Crippen LogP contribution >= 0.6 is 0 Å². The Morgan fingerprint density at radius 2 is 2.24 bits per heavy atom. The summed E-state index contributed by atoms with van der Waals surface area (Å²) in [6.45, 7) is 1.16. The van der Waals surface area contributed by atoms with E-state index in [1.807, 2.05) is 18.2 Å². The molecule has 1 N–H and O–H groups in total. The Hall–Kier alpha value is -1.94. The van der Waals surface area contributed by atoms with Crippen molar-refractivity contribution in [3.05, 3.63) is 47.9 Å². The Bertz CT molecular complexity index is 579. The summed E-state index contributed by atoms with van der Waals surface area (Å²) in [4.78, 5) is 0. The molecule has 0 saturated heterocycles. The zero-order chi connectivity index (χ0) is 14.5. The number of furan rings is 1. The number of anilines is 1. The van der Waals surface area contributed by atoms with Crippen molar-refractivity contribution in [1.29, 1.82) is 0 Å². The number of hydrogen-bond donors (Lipinski definition) is 1. The molecule has 0 amide bonds. The Kier molecular flexibility index (Phi) is 4.46. The van der Waals surface area contributed by atoms with Crippen LogP contribution in [0.25, 0.3) is 0 Å². The van der Waals surface area contributed by atoms with Gasteiger partial charge < -0.3 is 19.2 Å². The van der Waals surface area contributed by atoms with E-state index in [1.165, 1.54) is 5.56 Å². The quantitative estimate of drug-likeness (QED) is 0.821. The fourth-order valence-corrected chi connectivity index (χ4v) is 2.76. The van der Waals surface area contributed by atoms with Crippen LogP contribution in [0.5, 0.6) is 5.75 Å². The highest BCUT2D eigenvalue weighted by atomic mass is 16.5. The molecule has 0 spiro atoms. The van der Waals surface area contributed by atoms with Crippen molar-refractivity contribution in [1.82, 2.24) is 0 Å². The van der Waals surface area contributed by atoms with Crippen LogP contribution in [0.4, 0.5) is 5.69 Å². The van der Waals surface area contributed by atoms with Gasteiger partial charge in [-0.05, 0) is 31.0 Å². The van der Waals surface area contributed by atoms with Gasteiger partial charge in [0.15, 0.2) is 0 Å². The summed E-state index contributed by atoms with van der Waals surface area (Å²) in [6, 6.07) is 10.5. The molecule has 0 fully saturated rings. The third kappa shape index (κ3) is 3.39. The first-order valence-electron chi connectivity index (χ1n) is 7.41. The molecule has 0 radical (unpaired) electrons. The maximum absolute atomic E-state index is 5.65. The molecular formula is C17H21NO3. The van der Waals surface area contributed by atoms with E-state index in [0.717, 1.165) is 36.5 Å². The molecule has 1 atom stereocenters. The number of hydrogen-bond acceptors (Lipinski definition) is 4. The van der Waals surface area contributed by atoms with E-state index in [-0.39, 0.29) is 0 Å². The second kappa shape index (κ2) is 6.68. The van der Waals surface area contributed by atoms with Crippen molar-refractivity contribution in [2.75, 3.05) is 25.6 Å². The molecule has 0 saturated carbocycles. The first kappa shape index (κ1) is 14.0. The number of methoxy groups -OCH3 is 1. The number of ether oxygens (including phenoxy) is 2. The zero-order valence-electron chi connectivity index (χ0n) is 12.3. The molecule has 112 valence electrons. The summed E-state index contributed by atoms with van der Waals surface area (Å²) in [5.74, 6) is 1.98. The van der Waals surface area contributed by atoms with Gasteiger partial charge in [-0.25, -0.2) is 0 Å². The Morgan fingerprint density at radius 1 is 1.29 bits per heavy atom. The summed E-state index contributed by atoms with van der Waals surface area (Å²) in [7, 11) is 1.67. The zero-order valence-corrected chi connectivity index (χ0v) is 12.3. The van der Waals surface area contributed by atoms with Crippen LogP contribution in [-0.2, 0) is 11.2 Å². The minimum absolute atomic E-state index is 0.321. The van der Waals surface area contributed by atoms with Gasteiger partial charge >= 0.3 is 0 Å². The SMILES string of the molecule is COCCOc1cccc(NC2CCCc3occc32)c1. The molecule has 1 heterocycles. The monoisotopic (exact) mass is 287 g/mol. The van der Waals surface area contributed by atoms with Crippen molar-refractivity contribution in [3.8, 4) is 5.75 Å². The molecular weight excluding hydrogens is 266 g/mol. The Balaban J connectivity index is 1.67. The first-order valence-corrected chi connectivity index (χ1v) is 7.41. The predicted molar refractivity (Wildman–Crippen MR) is 81.8 cm³/mol. The second-order valence-electron chi connectivity index (χ2n) is 5.26. The van der Waals surface area contributed by atoms with Crippen LogP contribution in [0.3, 0.4) is 0 Å². The highest BCUT2D eigenvalue weighted by molar-refractivity contribution is 5.50. The van der Waals surface area contributed by atoms with Gasteiger partial charge in [-0.1, -0.05) is 6.07 Å². The lowest BCUT2D eigenvalue weighted by molar-refractivity contribution is 0.146. The Morgan fingerprint density at radius 3 is 3.14 bits per heavy atom. The lowest BCUT2D eigenvalue weighted by atomic mass is 9.93. The van der Waals surface area contributed by atoms with Gasteiger partial charge in [-0.2, -0.15) is 0 Å². The fourth-order valence-electron chi connectivity index (χ4n) is 2.76. The van der Waals surface area contributed by atoms with E-state index in [0.29, 0.717) is 19.3 Å². The minimum atomic E-state index is 0.321. The molecule has 4 heteroatoms. The molecule has 3 rings (SSSR count). The third-order valence-corrected chi connectivity index (χ3v) is 3.78.